The molecule has 2 unspecified atom stereocenters. The summed E-state index contributed by atoms with van der Waals surface area (Å²) in [5.41, 5.74) is 1.76. The van der Waals surface area contributed by atoms with E-state index in [1.165, 1.54) is 0 Å². The van der Waals surface area contributed by atoms with Gasteiger partial charge >= 0.3 is 0 Å². The molecule has 5 heteroatoms. The van der Waals surface area contributed by atoms with Gasteiger partial charge in [0, 0.05) is 25.1 Å². The van der Waals surface area contributed by atoms with Crippen molar-refractivity contribution in [3.8, 4) is 11.5 Å². The van der Waals surface area contributed by atoms with Crippen LogP contribution >= 0.6 is 0 Å². The summed E-state index contributed by atoms with van der Waals surface area (Å²) in [6.07, 6.45) is 3.30. The third-order valence-electron chi connectivity index (χ3n) is 3.47. The van der Waals surface area contributed by atoms with Gasteiger partial charge in [-0.3, -0.25) is 0 Å². The van der Waals surface area contributed by atoms with E-state index in [0.717, 1.165) is 17.0 Å². The van der Waals surface area contributed by atoms with Crippen molar-refractivity contribution in [1.29, 1.82) is 0 Å². The molecule has 0 aliphatic carbocycles. The number of imidazole rings is 1. The molecule has 2 aromatic rings. The summed E-state index contributed by atoms with van der Waals surface area (Å²) in [5, 5.41) is 10.2. The first-order valence-electron chi connectivity index (χ1n) is 6.18. The van der Waals surface area contributed by atoms with E-state index in [-0.39, 0.29) is 6.10 Å². The minimum absolute atomic E-state index is 0.192. The lowest BCUT2D eigenvalue weighted by Crippen LogP contribution is -2.20. The van der Waals surface area contributed by atoms with Crippen molar-refractivity contribution in [3.63, 3.8) is 0 Å². The Balaban J connectivity index is 1.96. The van der Waals surface area contributed by atoms with Gasteiger partial charge in [0.05, 0.1) is 31.4 Å². The Hall–Kier alpha value is -2.01. The standard InChI is InChI=1S/C14H16N2O3/c1-16-8-15-7-11(16)14-6-12(17)10-4-3-9(18-2)5-13(10)19-14/h3-5,7-8,12,14,17H,6H2,1-2H3. The highest BCUT2D eigenvalue weighted by atomic mass is 16.5. The van der Waals surface area contributed by atoms with Crippen molar-refractivity contribution in [2.45, 2.75) is 18.6 Å². The van der Waals surface area contributed by atoms with Crippen molar-refractivity contribution in [1.82, 2.24) is 9.55 Å². The highest BCUT2D eigenvalue weighted by molar-refractivity contribution is 5.43. The first-order valence-corrected chi connectivity index (χ1v) is 6.18. The van der Waals surface area contributed by atoms with Gasteiger partial charge in [-0.05, 0) is 12.1 Å². The number of hydrogen-bond donors (Lipinski definition) is 1. The molecule has 1 aromatic heterocycles. The lowest BCUT2D eigenvalue weighted by molar-refractivity contribution is 0.0621. The SMILES string of the molecule is COc1ccc2c(c1)OC(c1cncn1C)CC2O. The second-order valence-electron chi connectivity index (χ2n) is 4.69. The lowest BCUT2D eigenvalue weighted by Gasteiger charge is -2.29. The van der Waals surface area contributed by atoms with E-state index in [2.05, 4.69) is 4.98 Å². The predicted octanol–water partition coefficient (Wildman–Crippen LogP) is 1.99. The van der Waals surface area contributed by atoms with Crippen LogP contribution in [0.5, 0.6) is 11.5 Å². The van der Waals surface area contributed by atoms with Crippen LogP contribution in [0.1, 0.15) is 29.9 Å². The molecular weight excluding hydrogens is 244 g/mol. The lowest BCUT2D eigenvalue weighted by atomic mass is 9.97. The Morgan fingerprint density at radius 2 is 2.32 bits per heavy atom. The maximum atomic E-state index is 10.2. The Bertz CT molecular complexity index is 594. The number of aromatic nitrogens is 2. The summed E-state index contributed by atoms with van der Waals surface area (Å²) in [4.78, 5) is 4.09. The van der Waals surface area contributed by atoms with E-state index < -0.39 is 6.10 Å². The molecule has 100 valence electrons. The van der Waals surface area contributed by atoms with Gasteiger partial charge in [-0.2, -0.15) is 0 Å². The molecule has 1 aliphatic rings. The topological polar surface area (TPSA) is 56.5 Å². The molecule has 2 heterocycles. The molecule has 0 fully saturated rings. The number of aliphatic hydroxyl groups is 1. The molecule has 1 N–H and O–H groups in total. The van der Waals surface area contributed by atoms with Crippen LogP contribution in [0.25, 0.3) is 0 Å². The fourth-order valence-electron chi connectivity index (χ4n) is 2.41. The molecule has 3 rings (SSSR count). The number of nitrogens with zero attached hydrogens (tertiary/aromatic N) is 2. The van der Waals surface area contributed by atoms with E-state index in [0.29, 0.717) is 12.2 Å². The van der Waals surface area contributed by atoms with Gasteiger partial charge in [0.25, 0.3) is 0 Å². The minimum Gasteiger partial charge on any atom is -0.497 e. The number of fused-ring (bicyclic) bond motifs is 1. The summed E-state index contributed by atoms with van der Waals surface area (Å²) in [6.45, 7) is 0. The summed E-state index contributed by atoms with van der Waals surface area (Å²) in [7, 11) is 3.53. The van der Waals surface area contributed by atoms with E-state index in [9.17, 15) is 5.11 Å². The molecule has 5 nitrogen and oxygen atoms in total. The van der Waals surface area contributed by atoms with Crippen LogP contribution < -0.4 is 9.47 Å². The minimum atomic E-state index is -0.533. The van der Waals surface area contributed by atoms with Gasteiger partial charge in [0.15, 0.2) is 0 Å². The summed E-state index contributed by atoms with van der Waals surface area (Å²) in [5.74, 6) is 1.39. The Morgan fingerprint density at radius 1 is 1.47 bits per heavy atom. The van der Waals surface area contributed by atoms with E-state index in [1.54, 1.807) is 25.7 Å². The highest BCUT2D eigenvalue weighted by Crippen LogP contribution is 2.41. The summed E-state index contributed by atoms with van der Waals surface area (Å²) < 4.78 is 13.1. The Kier molecular flexibility index (Phi) is 2.91. The first-order chi connectivity index (χ1) is 9.19. The first kappa shape index (κ1) is 12.0. The van der Waals surface area contributed by atoms with Crippen molar-refractivity contribution in [3.05, 3.63) is 42.0 Å². The van der Waals surface area contributed by atoms with E-state index in [4.69, 9.17) is 9.47 Å². The zero-order chi connectivity index (χ0) is 13.4. The zero-order valence-electron chi connectivity index (χ0n) is 10.9. The van der Waals surface area contributed by atoms with E-state index in [1.807, 2.05) is 23.7 Å². The number of ether oxygens (including phenoxy) is 2. The fraction of sp³-hybridized carbons (Fsp3) is 0.357. The fourth-order valence-corrected chi connectivity index (χ4v) is 2.41. The Morgan fingerprint density at radius 3 is 3.00 bits per heavy atom. The van der Waals surface area contributed by atoms with E-state index >= 15 is 0 Å². The monoisotopic (exact) mass is 260 g/mol. The average molecular weight is 260 g/mol. The Labute approximate surface area is 111 Å². The molecule has 0 amide bonds. The molecule has 1 aliphatic heterocycles. The normalized spacial score (nSPS) is 21.6. The van der Waals surface area contributed by atoms with Gasteiger partial charge in [-0.1, -0.05) is 0 Å². The molecule has 2 atom stereocenters. The molecule has 0 saturated heterocycles. The van der Waals surface area contributed by atoms with Crippen LogP contribution in [0.4, 0.5) is 0 Å². The number of aliphatic hydroxyl groups excluding tert-OH is 1. The summed E-state index contributed by atoms with van der Waals surface area (Å²) in [6, 6.07) is 5.48. The number of aryl methyl sites for hydroxylation is 1. The van der Waals surface area contributed by atoms with Crippen LogP contribution in [0.3, 0.4) is 0 Å². The second kappa shape index (κ2) is 4.59. The molecule has 0 bridgehead atoms. The average Bonchev–Trinajstić information content (AvgIpc) is 2.84. The van der Waals surface area contributed by atoms with Crippen LogP contribution in [-0.4, -0.2) is 21.8 Å². The number of rotatable bonds is 2. The van der Waals surface area contributed by atoms with Crippen LogP contribution in [0.2, 0.25) is 0 Å². The van der Waals surface area contributed by atoms with Gasteiger partial charge < -0.3 is 19.1 Å². The third kappa shape index (κ3) is 2.06. The zero-order valence-corrected chi connectivity index (χ0v) is 10.9. The molecule has 0 saturated carbocycles. The van der Waals surface area contributed by atoms with Gasteiger partial charge in [-0.25, -0.2) is 4.98 Å². The van der Waals surface area contributed by atoms with Crippen molar-refractivity contribution in [2.75, 3.05) is 7.11 Å². The maximum Gasteiger partial charge on any atom is 0.143 e. The quantitative estimate of drug-likeness (QED) is 0.897. The molecule has 0 radical (unpaired) electrons. The molecule has 19 heavy (non-hydrogen) atoms. The number of benzene rings is 1. The van der Waals surface area contributed by atoms with Gasteiger partial charge in [0.2, 0.25) is 0 Å². The van der Waals surface area contributed by atoms with Gasteiger partial charge in [0.1, 0.15) is 17.6 Å². The van der Waals surface area contributed by atoms with Crippen molar-refractivity contribution >= 4 is 0 Å². The molecular formula is C14H16N2O3. The van der Waals surface area contributed by atoms with Crippen LogP contribution in [0, 0.1) is 0 Å². The molecule has 1 aromatic carbocycles. The predicted molar refractivity (Wildman–Crippen MR) is 69.1 cm³/mol. The number of methoxy groups -OCH3 is 1. The van der Waals surface area contributed by atoms with Crippen molar-refractivity contribution < 1.29 is 14.6 Å². The highest BCUT2D eigenvalue weighted by Gasteiger charge is 2.29. The summed E-state index contributed by atoms with van der Waals surface area (Å²) >= 11 is 0. The molecule has 0 spiro atoms. The smallest absolute Gasteiger partial charge is 0.143 e. The maximum absolute atomic E-state index is 10.2. The van der Waals surface area contributed by atoms with Crippen LogP contribution in [-0.2, 0) is 7.05 Å². The number of hydrogen-bond acceptors (Lipinski definition) is 4. The third-order valence-corrected chi connectivity index (χ3v) is 3.47. The van der Waals surface area contributed by atoms with Crippen molar-refractivity contribution in [2.24, 2.45) is 7.05 Å². The second-order valence-corrected chi connectivity index (χ2v) is 4.69. The largest absolute Gasteiger partial charge is 0.497 e. The van der Waals surface area contributed by atoms with Gasteiger partial charge in [-0.15, -0.1) is 0 Å². The van der Waals surface area contributed by atoms with Crippen LogP contribution in [0.15, 0.2) is 30.7 Å².